The SMILES string of the molecule is O=C(NCc1cc(F)cc(F)c1)c1ccn2c(-c3cccc(Cl)c3)nnc2c1. The van der Waals surface area contributed by atoms with Crippen molar-refractivity contribution in [2.24, 2.45) is 0 Å². The molecule has 2 aromatic carbocycles. The van der Waals surface area contributed by atoms with Gasteiger partial charge in [-0.3, -0.25) is 9.20 Å². The average molecular weight is 399 g/mol. The van der Waals surface area contributed by atoms with Gasteiger partial charge in [0.15, 0.2) is 11.5 Å². The van der Waals surface area contributed by atoms with E-state index < -0.39 is 11.6 Å². The minimum Gasteiger partial charge on any atom is -0.348 e. The lowest BCUT2D eigenvalue weighted by Crippen LogP contribution is -2.23. The normalized spacial score (nSPS) is 11.0. The highest BCUT2D eigenvalue weighted by atomic mass is 35.5. The van der Waals surface area contributed by atoms with E-state index in [2.05, 4.69) is 15.5 Å². The molecule has 2 heterocycles. The van der Waals surface area contributed by atoms with Crippen LogP contribution in [0, 0.1) is 11.6 Å². The van der Waals surface area contributed by atoms with Gasteiger partial charge in [0.05, 0.1) is 0 Å². The topological polar surface area (TPSA) is 59.3 Å². The smallest absolute Gasteiger partial charge is 0.251 e. The molecule has 28 heavy (non-hydrogen) atoms. The number of pyridine rings is 1. The maximum absolute atomic E-state index is 13.2. The number of rotatable bonds is 4. The second-order valence-electron chi connectivity index (χ2n) is 6.14. The van der Waals surface area contributed by atoms with Crippen molar-refractivity contribution in [1.29, 1.82) is 0 Å². The summed E-state index contributed by atoms with van der Waals surface area (Å²) in [6.07, 6.45) is 1.68. The number of hydrogen-bond donors (Lipinski definition) is 1. The predicted molar refractivity (Wildman–Crippen MR) is 101 cm³/mol. The Hall–Kier alpha value is -3.32. The summed E-state index contributed by atoms with van der Waals surface area (Å²) in [4.78, 5) is 12.4. The molecule has 5 nitrogen and oxygen atoms in total. The Balaban J connectivity index is 1.55. The van der Waals surface area contributed by atoms with Crippen LogP contribution in [0.15, 0.2) is 60.8 Å². The van der Waals surface area contributed by atoms with Crippen molar-refractivity contribution in [3.8, 4) is 11.4 Å². The van der Waals surface area contributed by atoms with E-state index >= 15 is 0 Å². The fourth-order valence-corrected chi connectivity index (χ4v) is 3.04. The zero-order valence-corrected chi connectivity index (χ0v) is 15.1. The van der Waals surface area contributed by atoms with Gasteiger partial charge < -0.3 is 5.32 Å². The molecule has 4 rings (SSSR count). The Labute approximate surface area is 163 Å². The minimum atomic E-state index is -0.692. The molecule has 0 radical (unpaired) electrons. The van der Waals surface area contributed by atoms with E-state index in [4.69, 9.17) is 11.6 Å². The number of benzene rings is 2. The molecule has 0 spiro atoms. The van der Waals surface area contributed by atoms with Crippen LogP contribution < -0.4 is 5.32 Å². The third kappa shape index (κ3) is 3.70. The maximum atomic E-state index is 13.2. The average Bonchev–Trinajstić information content (AvgIpc) is 3.08. The molecule has 1 N–H and O–H groups in total. The Morgan fingerprint density at radius 3 is 2.57 bits per heavy atom. The van der Waals surface area contributed by atoms with Gasteiger partial charge in [-0.2, -0.15) is 0 Å². The molecule has 0 unspecified atom stereocenters. The van der Waals surface area contributed by atoms with Crippen LogP contribution in [-0.2, 0) is 6.54 Å². The number of halogens is 3. The summed E-state index contributed by atoms with van der Waals surface area (Å²) >= 11 is 6.03. The standard InChI is InChI=1S/C20H13ClF2N4O/c21-15-3-1-2-13(8-15)19-26-25-18-9-14(4-5-27(18)19)20(28)24-11-12-6-16(22)10-17(23)7-12/h1-10H,11H2,(H,24,28). The van der Waals surface area contributed by atoms with Crippen LogP contribution in [0.25, 0.3) is 17.0 Å². The molecule has 0 atom stereocenters. The molecule has 0 fully saturated rings. The zero-order chi connectivity index (χ0) is 19.7. The molecule has 8 heteroatoms. The van der Waals surface area contributed by atoms with Gasteiger partial charge in [0.25, 0.3) is 5.91 Å². The third-order valence-corrected chi connectivity index (χ3v) is 4.37. The van der Waals surface area contributed by atoms with E-state index in [9.17, 15) is 13.6 Å². The maximum Gasteiger partial charge on any atom is 0.251 e. The van der Waals surface area contributed by atoms with E-state index in [0.717, 1.165) is 11.6 Å². The van der Waals surface area contributed by atoms with Crippen LogP contribution in [0.4, 0.5) is 8.78 Å². The molecule has 0 bridgehead atoms. The van der Waals surface area contributed by atoms with Gasteiger partial charge in [0.1, 0.15) is 11.6 Å². The number of amides is 1. The number of carbonyl (C=O) groups is 1. The first-order valence-electron chi connectivity index (χ1n) is 8.33. The van der Waals surface area contributed by atoms with Crippen molar-refractivity contribution in [1.82, 2.24) is 19.9 Å². The Morgan fingerprint density at radius 1 is 1.04 bits per heavy atom. The van der Waals surface area contributed by atoms with E-state index in [-0.39, 0.29) is 12.5 Å². The highest BCUT2D eigenvalue weighted by Crippen LogP contribution is 2.22. The lowest BCUT2D eigenvalue weighted by molar-refractivity contribution is 0.0950. The summed E-state index contributed by atoms with van der Waals surface area (Å²) in [5.41, 5.74) is 1.97. The lowest BCUT2D eigenvalue weighted by atomic mass is 10.2. The van der Waals surface area contributed by atoms with Crippen LogP contribution in [0.5, 0.6) is 0 Å². The molecule has 1 amide bonds. The third-order valence-electron chi connectivity index (χ3n) is 4.13. The van der Waals surface area contributed by atoms with Crippen LogP contribution in [0.3, 0.4) is 0 Å². The molecule has 140 valence electrons. The van der Waals surface area contributed by atoms with Gasteiger partial charge in [-0.15, -0.1) is 10.2 Å². The fraction of sp³-hybridized carbons (Fsp3) is 0.0500. The van der Waals surface area contributed by atoms with Gasteiger partial charge in [-0.25, -0.2) is 8.78 Å². The van der Waals surface area contributed by atoms with Crippen molar-refractivity contribution in [2.45, 2.75) is 6.54 Å². The van der Waals surface area contributed by atoms with Crippen LogP contribution in [0.1, 0.15) is 15.9 Å². The van der Waals surface area contributed by atoms with Crippen LogP contribution >= 0.6 is 11.6 Å². The molecular formula is C20H13ClF2N4O. The van der Waals surface area contributed by atoms with Crippen molar-refractivity contribution in [3.05, 3.63) is 88.6 Å². The number of fused-ring (bicyclic) bond motifs is 1. The highest BCUT2D eigenvalue weighted by Gasteiger charge is 2.12. The fourth-order valence-electron chi connectivity index (χ4n) is 2.85. The number of nitrogens with one attached hydrogen (secondary N) is 1. The molecule has 4 aromatic rings. The monoisotopic (exact) mass is 398 g/mol. The largest absolute Gasteiger partial charge is 0.348 e. The quantitative estimate of drug-likeness (QED) is 0.559. The van der Waals surface area contributed by atoms with E-state index in [0.29, 0.717) is 27.6 Å². The molecule has 0 aliphatic rings. The number of hydrogen-bond acceptors (Lipinski definition) is 3. The first kappa shape index (κ1) is 18.1. The summed E-state index contributed by atoms with van der Waals surface area (Å²) < 4.78 is 28.2. The number of nitrogens with zero attached hydrogens (tertiary/aromatic N) is 3. The highest BCUT2D eigenvalue weighted by molar-refractivity contribution is 6.30. The zero-order valence-electron chi connectivity index (χ0n) is 14.4. The number of aromatic nitrogens is 3. The first-order chi connectivity index (χ1) is 13.5. The Morgan fingerprint density at radius 2 is 1.82 bits per heavy atom. The number of carbonyl (C=O) groups excluding carboxylic acids is 1. The lowest BCUT2D eigenvalue weighted by Gasteiger charge is -2.07. The van der Waals surface area contributed by atoms with Crippen LogP contribution in [0.2, 0.25) is 5.02 Å². The van der Waals surface area contributed by atoms with E-state index in [1.165, 1.54) is 12.1 Å². The molecular weight excluding hydrogens is 386 g/mol. The second kappa shape index (κ2) is 7.36. The summed E-state index contributed by atoms with van der Waals surface area (Å²) in [7, 11) is 0. The second-order valence-corrected chi connectivity index (χ2v) is 6.57. The summed E-state index contributed by atoms with van der Waals surface area (Å²) in [6, 6.07) is 13.5. The van der Waals surface area contributed by atoms with Gasteiger partial charge in [-0.05, 0) is 42.0 Å². The molecule has 0 saturated carbocycles. The van der Waals surface area contributed by atoms with Crippen LogP contribution in [-0.4, -0.2) is 20.5 Å². The van der Waals surface area contributed by atoms with Crippen molar-refractivity contribution < 1.29 is 13.6 Å². The molecule has 0 aliphatic heterocycles. The minimum absolute atomic E-state index is 0.000845. The van der Waals surface area contributed by atoms with Gasteiger partial charge in [-0.1, -0.05) is 23.7 Å². The molecule has 0 saturated heterocycles. The summed E-state index contributed by atoms with van der Waals surface area (Å²) in [5, 5.41) is 11.5. The van der Waals surface area contributed by atoms with Crippen molar-refractivity contribution in [2.75, 3.05) is 0 Å². The van der Waals surface area contributed by atoms with Gasteiger partial charge in [0.2, 0.25) is 0 Å². The first-order valence-corrected chi connectivity index (χ1v) is 8.71. The van der Waals surface area contributed by atoms with E-state index in [1.807, 2.05) is 12.1 Å². The van der Waals surface area contributed by atoms with Crippen molar-refractivity contribution in [3.63, 3.8) is 0 Å². The summed E-state index contributed by atoms with van der Waals surface area (Å²) in [6.45, 7) is -0.000845. The molecule has 2 aromatic heterocycles. The Bertz CT molecular complexity index is 1170. The summed E-state index contributed by atoms with van der Waals surface area (Å²) in [5.74, 6) is -1.18. The van der Waals surface area contributed by atoms with Gasteiger partial charge in [0, 0.05) is 35.0 Å². The Kier molecular flexibility index (Phi) is 4.75. The predicted octanol–water partition coefficient (Wildman–Crippen LogP) is 4.26. The van der Waals surface area contributed by atoms with Crippen molar-refractivity contribution >= 4 is 23.2 Å². The van der Waals surface area contributed by atoms with Gasteiger partial charge >= 0.3 is 0 Å². The molecule has 0 aliphatic carbocycles. The van der Waals surface area contributed by atoms with E-state index in [1.54, 1.807) is 34.9 Å².